The van der Waals surface area contributed by atoms with Crippen LogP contribution in [0, 0.1) is 10.1 Å². The van der Waals surface area contributed by atoms with Gasteiger partial charge < -0.3 is 14.7 Å². The minimum absolute atomic E-state index is 0.0782. The van der Waals surface area contributed by atoms with E-state index in [1.54, 1.807) is 14.1 Å². The quantitative estimate of drug-likeness (QED) is 0.630. The van der Waals surface area contributed by atoms with Gasteiger partial charge in [0.2, 0.25) is 5.91 Å². The second-order valence-electron chi connectivity index (χ2n) is 4.54. The van der Waals surface area contributed by atoms with E-state index in [0.29, 0.717) is 11.3 Å². The van der Waals surface area contributed by atoms with Crippen LogP contribution in [-0.4, -0.2) is 41.5 Å². The van der Waals surface area contributed by atoms with Gasteiger partial charge in [-0.15, -0.1) is 0 Å². The Morgan fingerprint density at radius 2 is 2.15 bits per heavy atom. The summed E-state index contributed by atoms with van der Waals surface area (Å²) in [6.07, 6.45) is -0.696. The van der Waals surface area contributed by atoms with Crippen molar-refractivity contribution < 1.29 is 19.6 Å². The summed E-state index contributed by atoms with van der Waals surface area (Å²) < 4.78 is 5.42. The molecule has 0 aromatic heterocycles. The van der Waals surface area contributed by atoms with Gasteiger partial charge in [-0.2, -0.15) is 0 Å². The van der Waals surface area contributed by atoms with Crippen molar-refractivity contribution in [1.29, 1.82) is 0 Å². The molecule has 0 heterocycles. The Hall–Kier alpha value is -2.15. The number of hydrogen-bond donors (Lipinski definition) is 1. The van der Waals surface area contributed by atoms with Crippen LogP contribution < -0.4 is 4.74 Å². The van der Waals surface area contributed by atoms with Crippen molar-refractivity contribution in [1.82, 2.24) is 4.90 Å². The molecule has 1 aromatic rings. The fourth-order valence-corrected chi connectivity index (χ4v) is 1.58. The molecule has 0 aliphatic rings. The van der Waals surface area contributed by atoms with Crippen LogP contribution in [0.3, 0.4) is 0 Å². The molecule has 7 nitrogen and oxygen atoms in total. The summed E-state index contributed by atoms with van der Waals surface area (Å²) >= 11 is 0. The van der Waals surface area contributed by atoms with Gasteiger partial charge in [0.05, 0.1) is 24.1 Å². The van der Waals surface area contributed by atoms with Crippen LogP contribution in [0.15, 0.2) is 18.2 Å². The first-order chi connectivity index (χ1) is 9.32. The van der Waals surface area contributed by atoms with Crippen LogP contribution in [0.2, 0.25) is 0 Å². The molecule has 0 saturated heterocycles. The zero-order valence-corrected chi connectivity index (χ0v) is 11.7. The molecule has 0 radical (unpaired) electrons. The number of ether oxygens (including phenoxy) is 1. The normalized spacial score (nSPS) is 11.8. The van der Waals surface area contributed by atoms with Crippen molar-refractivity contribution in [2.45, 2.75) is 19.4 Å². The van der Waals surface area contributed by atoms with E-state index < -0.39 is 11.0 Å². The van der Waals surface area contributed by atoms with E-state index in [0.717, 1.165) is 0 Å². The number of aliphatic hydroxyl groups is 1. The SMILES string of the molecule is C[C@H](O)c1cc([N+](=O)[O-])ccc1OCCC(=O)N(C)C. The summed E-state index contributed by atoms with van der Waals surface area (Å²) in [5.74, 6) is 0.266. The van der Waals surface area contributed by atoms with E-state index in [9.17, 15) is 20.0 Å². The second kappa shape index (κ2) is 6.85. The van der Waals surface area contributed by atoms with E-state index in [1.165, 1.54) is 30.0 Å². The van der Waals surface area contributed by atoms with Crippen molar-refractivity contribution in [3.8, 4) is 5.75 Å². The number of amides is 1. The Balaban J connectivity index is 2.79. The zero-order chi connectivity index (χ0) is 15.3. The number of nitrogens with zero attached hydrogens (tertiary/aromatic N) is 2. The minimum atomic E-state index is -0.894. The molecule has 1 amide bonds. The van der Waals surface area contributed by atoms with Gasteiger partial charge in [0, 0.05) is 31.8 Å². The predicted octanol–water partition coefficient (Wildman–Crippen LogP) is 1.51. The van der Waals surface area contributed by atoms with Crippen molar-refractivity contribution in [2.75, 3.05) is 20.7 Å². The van der Waals surface area contributed by atoms with Crippen LogP contribution in [0.5, 0.6) is 5.75 Å². The third-order valence-electron chi connectivity index (χ3n) is 2.73. The third kappa shape index (κ3) is 4.20. The molecule has 110 valence electrons. The molecule has 0 unspecified atom stereocenters. The Kier molecular flexibility index (Phi) is 5.45. The molecule has 0 fully saturated rings. The summed E-state index contributed by atoms with van der Waals surface area (Å²) in [5, 5.41) is 20.3. The molecule has 1 aromatic carbocycles. The lowest BCUT2D eigenvalue weighted by atomic mass is 10.1. The minimum Gasteiger partial charge on any atom is -0.493 e. The number of aliphatic hydroxyl groups excluding tert-OH is 1. The Morgan fingerprint density at radius 1 is 1.50 bits per heavy atom. The average molecular weight is 282 g/mol. The smallest absolute Gasteiger partial charge is 0.270 e. The second-order valence-corrected chi connectivity index (χ2v) is 4.54. The molecule has 0 aliphatic carbocycles. The Bertz CT molecular complexity index is 500. The van der Waals surface area contributed by atoms with Gasteiger partial charge in [-0.3, -0.25) is 14.9 Å². The summed E-state index contributed by atoms with van der Waals surface area (Å²) in [6.45, 7) is 1.64. The highest BCUT2D eigenvalue weighted by Gasteiger charge is 2.15. The predicted molar refractivity (Wildman–Crippen MR) is 72.5 cm³/mol. The highest BCUT2D eigenvalue weighted by molar-refractivity contribution is 5.75. The monoisotopic (exact) mass is 282 g/mol. The maximum atomic E-state index is 11.4. The molecular weight excluding hydrogens is 264 g/mol. The lowest BCUT2D eigenvalue weighted by Gasteiger charge is -2.14. The Labute approximate surface area is 116 Å². The molecule has 0 bridgehead atoms. The largest absolute Gasteiger partial charge is 0.493 e. The van der Waals surface area contributed by atoms with Crippen molar-refractivity contribution >= 4 is 11.6 Å². The number of benzene rings is 1. The van der Waals surface area contributed by atoms with E-state index in [2.05, 4.69) is 0 Å². The van der Waals surface area contributed by atoms with Crippen LogP contribution >= 0.6 is 0 Å². The van der Waals surface area contributed by atoms with Gasteiger partial charge in [0.25, 0.3) is 5.69 Å². The highest BCUT2D eigenvalue weighted by Crippen LogP contribution is 2.29. The van der Waals surface area contributed by atoms with E-state index in [-0.39, 0.29) is 24.6 Å². The lowest BCUT2D eigenvalue weighted by Crippen LogP contribution is -2.23. The molecule has 20 heavy (non-hydrogen) atoms. The van der Waals surface area contributed by atoms with Crippen LogP contribution in [0.1, 0.15) is 25.0 Å². The summed E-state index contributed by atoms with van der Waals surface area (Å²) in [5.41, 5.74) is 0.217. The highest BCUT2D eigenvalue weighted by atomic mass is 16.6. The van der Waals surface area contributed by atoms with Gasteiger partial charge in [0.15, 0.2) is 0 Å². The van der Waals surface area contributed by atoms with Gasteiger partial charge in [-0.25, -0.2) is 0 Å². The Morgan fingerprint density at radius 3 is 2.65 bits per heavy atom. The standard InChI is InChI=1S/C13H18N2O5/c1-9(16)11-8-10(15(18)19)4-5-12(11)20-7-6-13(17)14(2)3/h4-5,8-9,16H,6-7H2,1-3H3/t9-/m0/s1. The number of non-ortho nitro benzene ring substituents is 1. The van der Waals surface area contributed by atoms with Crippen molar-refractivity contribution in [3.63, 3.8) is 0 Å². The molecule has 0 spiro atoms. The van der Waals surface area contributed by atoms with Gasteiger partial charge >= 0.3 is 0 Å². The molecule has 7 heteroatoms. The molecule has 0 saturated carbocycles. The number of carbonyl (C=O) groups is 1. The maximum Gasteiger partial charge on any atom is 0.270 e. The molecule has 1 N–H and O–H groups in total. The number of rotatable bonds is 6. The molecule has 0 aliphatic heterocycles. The number of nitro groups is 1. The fourth-order valence-electron chi connectivity index (χ4n) is 1.58. The van der Waals surface area contributed by atoms with Gasteiger partial charge in [0.1, 0.15) is 5.75 Å². The number of nitro benzene ring substituents is 1. The first-order valence-electron chi connectivity index (χ1n) is 6.12. The van der Waals surface area contributed by atoms with Crippen molar-refractivity contribution in [2.24, 2.45) is 0 Å². The summed E-state index contributed by atoms with van der Waals surface area (Å²) in [6, 6.07) is 4.00. The average Bonchev–Trinajstić information content (AvgIpc) is 2.38. The number of hydrogen-bond acceptors (Lipinski definition) is 5. The van der Waals surface area contributed by atoms with Crippen LogP contribution in [0.25, 0.3) is 0 Å². The van der Waals surface area contributed by atoms with E-state index in [1.807, 2.05) is 0 Å². The van der Waals surface area contributed by atoms with Crippen molar-refractivity contribution in [3.05, 3.63) is 33.9 Å². The summed E-state index contributed by atoms with van der Waals surface area (Å²) in [7, 11) is 3.30. The maximum absolute atomic E-state index is 11.4. The topological polar surface area (TPSA) is 92.9 Å². The fraction of sp³-hybridized carbons (Fsp3) is 0.462. The number of carbonyl (C=O) groups excluding carboxylic acids is 1. The first-order valence-corrected chi connectivity index (χ1v) is 6.12. The molecule has 1 atom stereocenters. The van der Waals surface area contributed by atoms with Crippen LogP contribution in [-0.2, 0) is 4.79 Å². The third-order valence-corrected chi connectivity index (χ3v) is 2.73. The van der Waals surface area contributed by atoms with E-state index in [4.69, 9.17) is 4.74 Å². The van der Waals surface area contributed by atoms with Crippen LogP contribution in [0.4, 0.5) is 5.69 Å². The zero-order valence-electron chi connectivity index (χ0n) is 11.7. The van der Waals surface area contributed by atoms with Gasteiger partial charge in [-0.1, -0.05) is 0 Å². The summed E-state index contributed by atoms with van der Waals surface area (Å²) in [4.78, 5) is 23.0. The molecule has 1 rings (SSSR count). The lowest BCUT2D eigenvalue weighted by molar-refractivity contribution is -0.385. The van der Waals surface area contributed by atoms with E-state index >= 15 is 0 Å². The first kappa shape index (κ1) is 15.9. The van der Waals surface area contributed by atoms with Gasteiger partial charge in [-0.05, 0) is 13.0 Å². The molecular formula is C13H18N2O5.